The Labute approximate surface area is 155 Å². The van der Waals surface area contributed by atoms with E-state index in [0.29, 0.717) is 0 Å². The minimum atomic E-state index is 0.874. The van der Waals surface area contributed by atoms with Gasteiger partial charge in [0.05, 0.1) is 11.0 Å². The van der Waals surface area contributed by atoms with E-state index in [0.717, 1.165) is 60.8 Å². The largest absolute Gasteiger partial charge is 0.370 e. The van der Waals surface area contributed by atoms with E-state index in [1.165, 1.54) is 6.42 Å². The van der Waals surface area contributed by atoms with Crippen molar-refractivity contribution >= 4 is 16.9 Å². The Bertz CT molecular complexity index is 837. The Morgan fingerprint density at radius 1 is 1.04 bits per heavy atom. The number of fused-ring (bicyclic) bond motifs is 1. The molecule has 3 aromatic rings. The number of imidazole rings is 1. The summed E-state index contributed by atoms with van der Waals surface area (Å²) in [6.07, 6.45) is 5.77. The third-order valence-corrected chi connectivity index (χ3v) is 4.83. The molecule has 0 bridgehead atoms. The molecule has 0 saturated carbocycles. The zero-order valence-corrected chi connectivity index (χ0v) is 15.9. The number of para-hydroxylation sites is 2. The molecule has 3 rings (SSSR count). The molecule has 0 aliphatic rings. The van der Waals surface area contributed by atoms with Crippen LogP contribution in [0.1, 0.15) is 32.3 Å². The lowest BCUT2D eigenvalue weighted by Gasteiger charge is -2.17. The molecule has 0 amide bonds. The molecule has 0 aliphatic heterocycles. The highest BCUT2D eigenvalue weighted by atomic mass is 15.1. The molecule has 138 valence electrons. The van der Waals surface area contributed by atoms with Gasteiger partial charge >= 0.3 is 0 Å². The van der Waals surface area contributed by atoms with Crippen molar-refractivity contribution in [3.63, 3.8) is 0 Å². The van der Waals surface area contributed by atoms with Gasteiger partial charge in [-0.1, -0.05) is 26.0 Å². The summed E-state index contributed by atoms with van der Waals surface area (Å²) in [5, 5.41) is 3.47. The van der Waals surface area contributed by atoms with Gasteiger partial charge in [-0.15, -0.1) is 0 Å². The van der Waals surface area contributed by atoms with Crippen LogP contribution in [-0.4, -0.2) is 50.6 Å². The summed E-state index contributed by atoms with van der Waals surface area (Å²) < 4.78 is 2.03. The van der Waals surface area contributed by atoms with Crippen molar-refractivity contribution in [1.29, 1.82) is 0 Å². The number of hydrogen-bond acceptors (Lipinski definition) is 5. The lowest BCUT2D eigenvalue weighted by atomic mass is 10.2. The Hall–Kier alpha value is -2.47. The van der Waals surface area contributed by atoms with Gasteiger partial charge in [0, 0.05) is 12.1 Å². The molecule has 6 heteroatoms. The third kappa shape index (κ3) is 4.02. The molecule has 0 saturated heterocycles. The Balaban J connectivity index is 1.66. The summed E-state index contributed by atoms with van der Waals surface area (Å²) in [5.74, 6) is 1.77. The zero-order chi connectivity index (χ0) is 18.4. The van der Waals surface area contributed by atoms with E-state index in [1.807, 2.05) is 29.1 Å². The fourth-order valence-corrected chi connectivity index (χ4v) is 3.20. The Kier molecular flexibility index (Phi) is 6.17. The average Bonchev–Trinajstić information content (AvgIpc) is 3.10. The van der Waals surface area contributed by atoms with Gasteiger partial charge in [0.25, 0.3) is 0 Å². The minimum absolute atomic E-state index is 0.874. The van der Waals surface area contributed by atoms with Gasteiger partial charge in [0.15, 0.2) is 0 Å². The van der Waals surface area contributed by atoms with Crippen LogP contribution in [0, 0.1) is 6.92 Å². The predicted molar refractivity (Wildman–Crippen MR) is 107 cm³/mol. The van der Waals surface area contributed by atoms with Crippen LogP contribution in [0.15, 0.2) is 36.9 Å². The molecule has 0 atom stereocenters. The first-order chi connectivity index (χ1) is 12.7. The molecule has 6 nitrogen and oxygen atoms in total. The van der Waals surface area contributed by atoms with Gasteiger partial charge in [-0.25, -0.2) is 15.0 Å². The van der Waals surface area contributed by atoms with Crippen LogP contribution < -0.4 is 5.32 Å². The second kappa shape index (κ2) is 8.76. The van der Waals surface area contributed by atoms with Crippen LogP contribution in [-0.2, 0) is 0 Å². The van der Waals surface area contributed by atoms with Gasteiger partial charge in [-0.05, 0) is 51.5 Å². The Morgan fingerprint density at radius 3 is 2.65 bits per heavy atom. The molecule has 2 aromatic heterocycles. The van der Waals surface area contributed by atoms with E-state index in [4.69, 9.17) is 0 Å². The number of anilines is 1. The number of aromatic nitrogens is 4. The van der Waals surface area contributed by atoms with Crippen LogP contribution in [0.25, 0.3) is 16.9 Å². The summed E-state index contributed by atoms with van der Waals surface area (Å²) in [5.41, 5.74) is 3.07. The van der Waals surface area contributed by atoms with Crippen molar-refractivity contribution < 1.29 is 0 Å². The van der Waals surface area contributed by atoms with E-state index in [9.17, 15) is 0 Å². The minimum Gasteiger partial charge on any atom is -0.370 e. The van der Waals surface area contributed by atoms with Crippen LogP contribution in [0.3, 0.4) is 0 Å². The quantitative estimate of drug-likeness (QED) is 0.596. The van der Waals surface area contributed by atoms with Gasteiger partial charge in [0.2, 0.25) is 0 Å². The van der Waals surface area contributed by atoms with E-state index in [-0.39, 0.29) is 0 Å². The summed E-state index contributed by atoms with van der Waals surface area (Å²) in [4.78, 5) is 15.8. The van der Waals surface area contributed by atoms with Gasteiger partial charge in [0.1, 0.15) is 24.3 Å². The predicted octanol–water partition coefficient (Wildman–Crippen LogP) is 3.66. The molecular weight excluding hydrogens is 324 g/mol. The Morgan fingerprint density at radius 2 is 1.85 bits per heavy atom. The van der Waals surface area contributed by atoms with Crippen LogP contribution >= 0.6 is 0 Å². The highest BCUT2D eigenvalue weighted by molar-refractivity contribution is 5.77. The standard InChI is InChI=1S/C20H28N6/c1-4-25(5-2)13-9-8-12-21-19-16(3)20(23-14-22-19)26-15-24-17-10-6-7-11-18(17)26/h6-7,10-11,14-15H,4-5,8-9,12-13H2,1-3H3,(H,21,22,23). The van der Waals surface area contributed by atoms with Crippen molar-refractivity contribution in [1.82, 2.24) is 24.4 Å². The molecule has 1 N–H and O–H groups in total. The second-order valence-corrected chi connectivity index (χ2v) is 6.43. The van der Waals surface area contributed by atoms with Crippen LogP contribution in [0.4, 0.5) is 5.82 Å². The molecule has 1 aromatic carbocycles. The SMILES string of the molecule is CCN(CC)CCCCNc1ncnc(-n2cnc3ccccc32)c1C. The number of rotatable bonds is 9. The van der Waals surface area contributed by atoms with Gasteiger partial charge in [-0.2, -0.15) is 0 Å². The van der Waals surface area contributed by atoms with E-state index in [2.05, 4.69) is 52.0 Å². The normalized spacial score (nSPS) is 11.4. The first-order valence-corrected chi connectivity index (χ1v) is 9.44. The van der Waals surface area contributed by atoms with Crippen molar-refractivity contribution in [2.75, 3.05) is 31.5 Å². The maximum Gasteiger partial charge on any atom is 0.146 e. The van der Waals surface area contributed by atoms with Crippen molar-refractivity contribution in [2.45, 2.75) is 33.6 Å². The van der Waals surface area contributed by atoms with E-state index in [1.54, 1.807) is 6.33 Å². The smallest absolute Gasteiger partial charge is 0.146 e. The third-order valence-electron chi connectivity index (χ3n) is 4.83. The molecule has 2 heterocycles. The van der Waals surface area contributed by atoms with Gasteiger partial charge in [-0.3, -0.25) is 4.57 Å². The lowest BCUT2D eigenvalue weighted by Crippen LogP contribution is -2.24. The molecule has 0 radical (unpaired) electrons. The summed E-state index contributed by atoms with van der Waals surface area (Å²) in [6.45, 7) is 10.8. The fourth-order valence-electron chi connectivity index (χ4n) is 3.20. The van der Waals surface area contributed by atoms with E-state index < -0.39 is 0 Å². The molecule has 26 heavy (non-hydrogen) atoms. The highest BCUT2D eigenvalue weighted by Crippen LogP contribution is 2.22. The first kappa shape index (κ1) is 18.3. The monoisotopic (exact) mass is 352 g/mol. The maximum absolute atomic E-state index is 4.49. The number of nitrogens with one attached hydrogen (secondary N) is 1. The fraction of sp³-hybridized carbons (Fsp3) is 0.450. The number of nitrogens with zero attached hydrogens (tertiary/aromatic N) is 5. The van der Waals surface area contributed by atoms with Crippen LogP contribution in [0.5, 0.6) is 0 Å². The van der Waals surface area contributed by atoms with Gasteiger partial charge < -0.3 is 10.2 Å². The lowest BCUT2D eigenvalue weighted by molar-refractivity contribution is 0.298. The average molecular weight is 352 g/mol. The molecule has 0 aliphatic carbocycles. The highest BCUT2D eigenvalue weighted by Gasteiger charge is 2.11. The topological polar surface area (TPSA) is 58.9 Å². The molecule has 0 unspecified atom stereocenters. The number of benzene rings is 1. The van der Waals surface area contributed by atoms with Crippen molar-refractivity contribution in [3.8, 4) is 5.82 Å². The summed E-state index contributed by atoms with van der Waals surface area (Å²) in [6, 6.07) is 8.09. The first-order valence-electron chi connectivity index (χ1n) is 9.44. The second-order valence-electron chi connectivity index (χ2n) is 6.43. The maximum atomic E-state index is 4.49. The summed E-state index contributed by atoms with van der Waals surface area (Å²) >= 11 is 0. The van der Waals surface area contributed by atoms with Crippen molar-refractivity contribution in [2.24, 2.45) is 0 Å². The number of hydrogen-bond donors (Lipinski definition) is 1. The zero-order valence-electron chi connectivity index (χ0n) is 15.9. The molecular formula is C20H28N6. The molecule has 0 fully saturated rings. The van der Waals surface area contributed by atoms with Crippen LogP contribution in [0.2, 0.25) is 0 Å². The summed E-state index contributed by atoms with van der Waals surface area (Å²) in [7, 11) is 0. The molecule has 0 spiro atoms. The van der Waals surface area contributed by atoms with Crippen molar-refractivity contribution in [3.05, 3.63) is 42.5 Å². The van der Waals surface area contributed by atoms with E-state index >= 15 is 0 Å². The number of unbranched alkanes of at least 4 members (excludes halogenated alkanes) is 1.